The number of nitrogen functional groups attached to an aromatic ring is 1. The van der Waals surface area contributed by atoms with E-state index in [1.807, 2.05) is 18.3 Å². The average molecular weight is 345 g/mol. The number of hydrogen-bond acceptors (Lipinski definition) is 3. The van der Waals surface area contributed by atoms with Crippen LogP contribution in [0.3, 0.4) is 0 Å². The largest absolute Gasteiger partial charge is 0.341 e. The fraction of sp³-hybridized carbons (Fsp3) is 0.0667. The first kappa shape index (κ1) is 13.8. The topological polar surface area (TPSA) is 72.9 Å². The van der Waals surface area contributed by atoms with Gasteiger partial charge in [0.2, 0.25) is 0 Å². The summed E-state index contributed by atoms with van der Waals surface area (Å²) >= 11 is 3.48. The van der Waals surface area contributed by atoms with Crippen molar-refractivity contribution < 1.29 is 4.79 Å². The number of aromatic nitrogens is 2. The van der Waals surface area contributed by atoms with Crippen molar-refractivity contribution in [2.45, 2.75) is 6.54 Å². The second-order valence-electron chi connectivity index (χ2n) is 4.66. The third-order valence-electron chi connectivity index (χ3n) is 3.29. The molecule has 5 nitrogen and oxygen atoms in total. The van der Waals surface area contributed by atoms with Crippen molar-refractivity contribution in [2.75, 3.05) is 0 Å². The lowest BCUT2D eigenvalue weighted by Crippen LogP contribution is -2.30. The highest BCUT2D eigenvalue weighted by Crippen LogP contribution is 2.21. The zero-order chi connectivity index (χ0) is 14.8. The SMILES string of the molecule is NNC(=O)c1ccc(Cn2ccc3ccc(Br)cc32)nc1. The van der Waals surface area contributed by atoms with Crippen molar-refractivity contribution in [3.63, 3.8) is 0 Å². The van der Waals surface area contributed by atoms with Gasteiger partial charge in [-0.1, -0.05) is 22.0 Å². The van der Waals surface area contributed by atoms with Crippen molar-refractivity contribution in [1.29, 1.82) is 0 Å². The average Bonchev–Trinajstić information content (AvgIpc) is 2.89. The molecule has 0 radical (unpaired) electrons. The molecule has 0 unspecified atom stereocenters. The third kappa shape index (κ3) is 2.81. The van der Waals surface area contributed by atoms with Crippen LogP contribution in [0.5, 0.6) is 0 Å². The second-order valence-corrected chi connectivity index (χ2v) is 5.57. The Hall–Kier alpha value is -2.18. The maximum atomic E-state index is 11.4. The Balaban J connectivity index is 1.88. The number of pyridine rings is 1. The van der Waals surface area contributed by atoms with E-state index in [0.717, 1.165) is 15.7 Å². The van der Waals surface area contributed by atoms with Crippen LogP contribution < -0.4 is 11.3 Å². The fourth-order valence-electron chi connectivity index (χ4n) is 2.21. The molecule has 0 aliphatic heterocycles. The van der Waals surface area contributed by atoms with Crippen LogP contribution in [0.15, 0.2) is 53.3 Å². The highest BCUT2D eigenvalue weighted by Gasteiger charge is 2.06. The number of carbonyl (C=O) groups excluding carboxylic acids is 1. The molecule has 3 N–H and O–H groups in total. The van der Waals surface area contributed by atoms with E-state index in [1.165, 1.54) is 11.6 Å². The molecule has 3 rings (SSSR count). The quantitative estimate of drug-likeness (QED) is 0.435. The predicted molar refractivity (Wildman–Crippen MR) is 84.6 cm³/mol. The molecule has 2 heterocycles. The number of nitrogens with zero attached hydrogens (tertiary/aromatic N) is 2. The summed E-state index contributed by atoms with van der Waals surface area (Å²) < 4.78 is 3.16. The van der Waals surface area contributed by atoms with Gasteiger partial charge in [0.1, 0.15) is 0 Å². The normalized spacial score (nSPS) is 10.8. The minimum atomic E-state index is -0.343. The molecule has 0 aliphatic rings. The maximum absolute atomic E-state index is 11.4. The molecule has 0 bridgehead atoms. The Morgan fingerprint density at radius 1 is 1.29 bits per heavy atom. The number of amides is 1. The molecule has 1 aromatic carbocycles. The van der Waals surface area contributed by atoms with Gasteiger partial charge < -0.3 is 4.57 Å². The molecule has 0 spiro atoms. The molecule has 21 heavy (non-hydrogen) atoms. The Morgan fingerprint density at radius 2 is 2.14 bits per heavy atom. The first-order valence-corrected chi connectivity index (χ1v) is 7.17. The van der Waals surface area contributed by atoms with Crippen LogP contribution in [0.4, 0.5) is 0 Å². The summed E-state index contributed by atoms with van der Waals surface area (Å²) in [4.78, 5) is 15.7. The predicted octanol–water partition coefficient (Wildman–Crippen LogP) is 2.45. The fourth-order valence-corrected chi connectivity index (χ4v) is 2.55. The third-order valence-corrected chi connectivity index (χ3v) is 3.78. The number of nitrogens with two attached hydrogens (primary N) is 1. The van der Waals surface area contributed by atoms with Crippen LogP contribution in [-0.2, 0) is 6.54 Å². The van der Waals surface area contributed by atoms with E-state index in [4.69, 9.17) is 5.84 Å². The monoisotopic (exact) mass is 344 g/mol. The molecular weight excluding hydrogens is 332 g/mol. The van der Waals surface area contributed by atoms with E-state index in [0.29, 0.717) is 12.1 Å². The summed E-state index contributed by atoms with van der Waals surface area (Å²) in [6.07, 6.45) is 3.55. The highest BCUT2D eigenvalue weighted by atomic mass is 79.9. The molecule has 0 aliphatic carbocycles. The van der Waals surface area contributed by atoms with E-state index < -0.39 is 0 Å². The van der Waals surface area contributed by atoms with E-state index in [1.54, 1.807) is 6.07 Å². The Bertz CT molecular complexity index is 795. The molecule has 6 heteroatoms. The summed E-state index contributed by atoms with van der Waals surface area (Å²) in [6, 6.07) is 11.8. The molecule has 2 aromatic heterocycles. The van der Waals surface area contributed by atoms with Crippen molar-refractivity contribution in [3.05, 3.63) is 64.5 Å². The van der Waals surface area contributed by atoms with E-state index in [-0.39, 0.29) is 5.91 Å². The molecule has 0 saturated heterocycles. The van der Waals surface area contributed by atoms with Crippen LogP contribution in [0.2, 0.25) is 0 Å². The van der Waals surface area contributed by atoms with Gasteiger partial charge in [0, 0.05) is 22.4 Å². The standard InChI is InChI=1S/C15H13BrN4O/c16-12-3-1-10-5-6-20(14(10)7-12)9-13-4-2-11(8-18-13)15(21)19-17/h1-8H,9,17H2,(H,19,21). The lowest BCUT2D eigenvalue weighted by Gasteiger charge is -2.06. The number of fused-ring (bicyclic) bond motifs is 1. The van der Waals surface area contributed by atoms with Gasteiger partial charge in [0.05, 0.1) is 17.8 Å². The van der Waals surface area contributed by atoms with Crippen molar-refractivity contribution >= 4 is 32.7 Å². The summed E-state index contributed by atoms with van der Waals surface area (Å²) in [5.74, 6) is 4.75. The molecule has 106 valence electrons. The van der Waals surface area contributed by atoms with Gasteiger partial charge in [0.25, 0.3) is 5.91 Å². The number of hydrazine groups is 1. The van der Waals surface area contributed by atoms with Gasteiger partial charge >= 0.3 is 0 Å². The zero-order valence-corrected chi connectivity index (χ0v) is 12.7. The van der Waals surface area contributed by atoms with Gasteiger partial charge in [-0.2, -0.15) is 0 Å². The first-order chi connectivity index (χ1) is 10.2. The number of nitrogens with one attached hydrogen (secondary N) is 1. The van der Waals surface area contributed by atoms with Crippen LogP contribution >= 0.6 is 15.9 Å². The molecular formula is C15H13BrN4O. The molecule has 1 amide bonds. The molecule has 3 aromatic rings. The number of benzene rings is 1. The maximum Gasteiger partial charge on any atom is 0.266 e. The summed E-state index contributed by atoms with van der Waals surface area (Å²) in [5, 5.41) is 1.18. The van der Waals surface area contributed by atoms with Gasteiger partial charge in [-0.3, -0.25) is 15.2 Å². The van der Waals surface area contributed by atoms with Crippen molar-refractivity contribution in [2.24, 2.45) is 5.84 Å². The summed E-state index contributed by atoms with van der Waals surface area (Å²) in [6.45, 7) is 0.643. The summed E-state index contributed by atoms with van der Waals surface area (Å²) in [5.41, 5.74) is 4.54. The molecule has 0 fully saturated rings. The van der Waals surface area contributed by atoms with Crippen LogP contribution in [0.1, 0.15) is 16.1 Å². The molecule has 0 atom stereocenters. The first-order valence-electron chi connectivity index (χ1n) is 6.37. The van der Waals surface area contributed by atoms with Crippen molar-refractivity contribution in [1.82, 2.24) is 15.0 Å². The van der Waals surface area contributed by atoms with E-state index in [2.05, 4.69) is 49.1 Å². The van der Waals surface area contributed by atoms with Gasteiger partial charge in [-0.05, 0) is 35.7 Å². The van der Waals surface area contributed by atoms with Crippen molar-refractivity contribution in [3.8, 4) is 0 Å². The van der Waals surface area contributed by atoms with E-state index in [9.17, 15) is 4.79 Å². The number of carbonyl (C=O) groups is 1. The minimum absolute atomic E-state index is 0.343. The zero-order valence-electron chi connectivity index (χ0n) is 11.1. The molecule has 0 saturated carbocycles. The number of rotatable bonds is 3. The number of hydrogen-bond donors (Lipinski definition) is 2. The Morgan fingerprint density at radius 3 is 2.86 bits per heavy atom. The van der Waals surface area contributed by atoms with Crippen LogP contribution in [0.25, 0.3) is 10.9 Å². The Labute approximate surface area is 129 Å². The van der Waals surface area contributed by atoms with Crippen LogP contribution in [0, 0.1) is 0 Å². The van der Waals surface area contributed by atoms with Gasteiger partial charge in [-0.25, -0.2) is 5.84 Å². The van der Waals surface area contributed by atoms with Gasteiger partial charge in [-0.15, -0.1) is 0 Å². The van der Waals surface area contributed by atoms with Gasteiger partial charge in [0.15, 0.2) is 0 Å². The Kier molecular flexibility index (Phi) is 3.72. The highest BCUT2D eigenvalue weighted by molar-refractivity contribution is 9.10. The smallest absolute Gasteiger partial charge is 0.266 e. The van der Waals surface area contributed by atoms with Crippen LogP contribution in [-0.4, -0.2) is 15.5 Å². The minimum Gasteiger partial charge on any atom is -0.341 e. The lowest BCUT2D eigenvalue weighted by atomic mass is 10.2. The second kappa shape index (κ2) is 5.67. The van der Waals surface area contributed by atoms with E-state index >= 15 is 0 Å². The summed E-state index contributed by atoms with van der Waals surface area (Å²) in [7, 11) is 0. The lowest BCUT2D eigenvalue weighted by molar-refractivity contribution is 0.0953. The number of halogens is 1.